The molecule has 3 rings (SSSR count). The zero-order valence-corrected chi connectivity index (χ0v) is 14.1. The molecule has 24 heavy (non-hydrogen) atoms. The second-order valence-corrected chi connectivity index (χ2v) is 7.36. The first-order valence-electron chi connectivity index (χ1n) is 6.93. The number of aromatic carboxylic acids is 1. The highest BCUT2D eigenvalue weighted by atomic mass is 32.2. The van der Waals surface area contributed by atoms with E-state index in [0.29, 0.717) is 20.4 Å². The summed E-state index contributed by atoms with van der Waals surface area (Å²) in [7, 11) is 0. The van der Waals surface area contributed by atoms with Crippen molar-refractivity contribution < 1.29 is 19.8 Å². The molecule has 0 saturated carbocycles. The minimum absolute atomic E-state index is 0.0322. The van der Waals surface area contributed by atoms with E-state index in [1.807, 2.05) is 12.1 Å². The maximum absolute atomic E-state index is 11.3. The van der Waals surface area contributed by atoms with Crippen LogP contribution in [0.2, 0.25) is 0 Å². The third-order valence-electron chi connectivity index (χ3n) is 3.28. The van der Waals surface area contributed by atoms with Gasteiger partial charge in [-0.25, -0.2) is 14.8 Å². The van der Waals surface area contributed by atoms with Crippen molar-refractivity contribution in [2.45, 2.75) is 22.6 Å². The van der Waals surface area contributed by atoms with Gasteiger partial charge in [-0.1, -0.05) is 30.0 Å². The van der Waals surface area contributed by atoms with Crippen molar-refractivity contribution >= 4 is 45.9 Å². The van der Waals surface area contributed by atoms with Crippen molar-refractivity contribution in [3.63, 3.8) is 0 Å². The third kappa shape index (κ3) is 3.39. The van der Waals surface area contributed by atoms with E-state index < -0.39 is 11.9 Å². The number of carboxylic acid groups (broad SMARTS) is 2. The predicted molar refractivity (Wildman–Crippen MR) is 91.0 cm³/mol. The van der Waals surface area contributed by atoms with Gasteiger partial charge in [-0.2, -0.15) is 0 Å². The number of benzene rings is 1. The molecule has 0 radical (unpaired) electrons. The molecule has 2 heterocycles. The average molecular weight is 360 g/mol. The Kier molecular flexibility index (Phi) is 4.50. The molecule has 122 valence electrons. The second-order valence-electron chi connectivity index (χ2n) is 4.99. The Morgan fingerprint density at radius 1 is 1.21 bits per heavy atom. The van der Waals surface area contributed by atoms with Crippen molar-refractivity contribution in [3.8, 4) is 0 Å². The molecule has 0 atom stereocenters. The number of aromatic nitrogens is 2. The summed E-state index contributed by atoms with van der Waals surface area (Å²) in [5.41, 5.74) is 1.25. The molecule has 2 N–H and O–H groups in total. The third-order valence-corrected chi connectivity index (χ3v) is 5.56. The van der Waals surface area contributed by atoms with Crippen LogP contribution in [0.1, 0.15) is 21.1 Å². The number of hydrogen-bond acceptors (Lipinski definition) is 6. The minimum atomic E-state index is -1.09. The standard InChI is InChI=1S/C16H12N2O4S2/c1-8-12(7-14(19)20)23-16(17-8)24-13-6-11(15(21)22)18-10-5-3-2-4-9(10)13/h2-6H,7H2,1H3,(H,19,20)(H,21,22). The van der Waals surface area contributed by atoms with Crippen molar-refractivity contribution in [2.75, 3.05) is 0 Å². The van der Waals surface area contributed by atoms with Crippen LogP contribution >= 0.6 is 23.1 Å². The summed E-state index contributed by atoms with van der Waals surface area (Å²) in [4.78, 5) is 32.1. The fourth-order valence-corrected chi connectivity index (χ4v) is 4.52. The summed E-state index contributed by atoms with van der Waals surface area (Å²) < 4.78 is 0.677. The van der Waals surface area contributed by atoms with Crippen LogP contribution in [0.25, 0.3) is 10.9 Å². The summed E-state index contributed by atoms with van der Waals surface area (Å²) >= 11 is 2.63. The normalized spacial score (nSPS) is 10.9. The van der Waals surface area contributed by atoms with Crippen LogP contribution in [0, 0.1) is 6.92 Å². The molecule has 3 aromatic rings. The van der Waals surface area contributed by atoms with Gasteiger partial charge in [-0.05, 0) is 19.1 Å². The Hall–Kier alpha value is -2.45. The van der Waals surface area contributed by atoms with Gasteiger partial charge < -0.3 is 10.2 Å². The smallest absolute Gasteiger partial charge is 0.354 e. The number of nitrogens with zero attached hydrogens (tertiary/aromatic N) is 2. The topological polar surface area (TPSA) is 100 Å². The largest absolute Gasteiger partial charge is 0.481 e. The lowest BCUT2D eigenvalue weighted by Gasteiger charge is -2.05. The maximum atomic E-state index is 11.3. The molecule has 0 amide bonds. The van der Waals surface area contributed by atoms with Crippen molar-refractivity contribution in [1.29, 1.82) is 0 Å². The molecule has 2 aromatic heterocycles. The van der Waals surface area contributed by atoms with Gasteiger partial charge in [0.05, 0.1) is 17.6 Å². The van der Waals surface area contributed by atoms with E-state index in [1.54, 1.807) is 19.1 Å². The van der Waals surface area contributed by atoms with Gasteiger partial charge in [0.1, 0.15) is 5.69 Å². The lowest BCUT2D eigenvalue weighted by atomic mass is 10.2. The molecule has 0 fully saturated rings. The highest BCUT2D eigenvalue weighted by Gasteiger charge is 2.15. The molecular weight excluding hydrogens is 348 g/mol. The molecular formula is C16H12N2O4S2. The molecule has 0 aliphatic carbocycles. The molecule has 1 aromatic carbocycles. The van der Waals surface area contributed by atoms with Crippen LogP contribution in [-0.4, -0.2) is 32.1 Å². The van der Waals surface area contributed by atoms with E-state index in [9.17, 15) is 14.7 Å². The van der Waals surface area contributed by atoms with Gasteiger partial charge >= 0.3 is 11.9 Å². The van der Waals surface area contributed by atoms with Crippen molar-refractivity contribution in [3.05, 3.63) is 46.6 Å². The number of para-hydroxylation sites is 1. The Labute approximate surface area is 145 Å². The number of pyridine rings is 1. The molecule has 0 spiro atoms. The Balaban J connectivity index is 2.03. The van der Waals surface area contributed by atoms with E-state index in [-0.39, 0.29) is 12.1 Å². The average Bonchev–Trinajstić information content (AvgIpc) is 2.86. The van der Waals surface area contributed by atoms with E-state index in [0.717, 1.165) is 10.3 Å². The zero-order valence-electron chi connectivity index (χ0n) is 12.5. The number of hydrogen-bond donors (Lipinski definition) is 2. The van der Waals surface area contributed by atoms with Gasteiger partial charge in [0.15, 0.2) is 4.34 Å². The number of thiazole rings is 1. The molecule has 0 aliphatic heterocycles. The molecule has 0 saturated heterocycles. The van der Waals surface area contributed by atoms with Crippen LogP contribution in [0.15, 0.2) is 39.6 Å². The SMILES string of the molecule is Cc1nc(Sc2cc(C(=O)O)nc3ccccc23)sc1CC(=O)O. The number of rotatable bonds is 5. The van der Waals surface area contributed by atoms with Crippen LogP contribution in [0.3, 0.4) is 0 Å². The van der Waals surface area contributed by atoms with E-state index in [1.165, 1.54) is 29.2 Å². The van der Waals surface area contributed by atoms with Crippen LogP contribution in [0.5, 0.6) is 0 Å². The van der Waals surface area contributed by atoms with Crippen LogP contribution < -0.4 is 0 Å². The first-order valence-corrected chi connectivity index (χ1v) is 8.56. The first-order chi connectivity index (χ1) is 11.4. The fraction of sp³-hybridized carbons (Fsp3) is 0.125. The number of aliphatic carboxylic acids is 1. The Morgan fingerprint density at radius 3 is 2.67 bits per heavy atom. The number of aryl methyl sites for hydroxylation is 1. The number of carboxylic acids is 2. The number of fused-ring (bicyclic) bond motifs is 1. The summed E-state index contributed by atoms with van der Waals surface area (Å²) in [5, 5.41) is 19.0. The Morgan fingerprint density at radius 2 is 1.96 bits per heavy atom. The zero-order chi connectivity index (χ0) is 17.3. The summed E-state index contributed by atoms with van der Waals surface area (Å²) in [6, 6.07) is 8.80. The van der Waals surface area contributed by atoms with E-state index in [2.05, 4.69) is 9.97 Å². The van der Waals surface area contributed by atoms with Gasteiger partial charge in [0.25, 0.3) is 0 Å². The quantitative estimate of drug-likeness (QED) is 0.718. The van der Waals surface area contributed by atoms with Gasteiger partial charge in [0, 0.05) is 15.2 Å². The lowest BCUT2D eigenvalue weighted by Crippen LogP contribution is -2.00. The van der Waals surface area contributed by atoms with E-state index in [4.69, 9.17) is 5.11 Å². The molecule has 0 aliphatic rings. The summed E-state index contributed by atoms with van der Waals surface area (Å²) in [6.07, 6.45) is -0.0679. The summed E-state index contributed by atoms with van der Waals surface area (Å²) in [6.45, 7) is 1.77. The van der Waals surface area contributed by atoms with Gasteiger partial charge in [-0.3, -0.25) is 4.79 Å². The molecule has 0 bridgehead atoms. The van der Waals surface area contributed by atoms with Crippen LogP contribution in [-0.2, 0) is 11.2 Å². The van der Waals surface area contributed by atoms with E-state index >= 15 is 0 Å². The first kappa shape index (κ1) is 16.4. The van der Waals surface area contributed by atoms with Crippen molar-refractivity contribution in [2.24, 2.45) is 0 Å². The van der Waals surface area contributed by atoms with Gasteiger partial charge in [-0.15, -0.1) is 11.3 Å². The highest BCUT2D eigenvalue weighted by molar-refractivity contribution is 8.01. The Bertz CT molecular complexity index is 952. The monoisotopic (exact) mass is 360 g/mol. The second kappa shape index (κ2) is 6.58. The van der Waals surface area contributed by atoms with Gasteiger partial charge in [0.2, 0.25) is 0 Å². The predicted octanol–water partition coefficient (Wildman–Crippen LogP) is 3.48. The number of carbonyl (C=O) groups is 2. The van der Waals surface area contributed by atoms with Crippen LogP contribution in [0.4, 0.5) is 0 Å². The maximum Gasteiger partial charge on any atom is 0.354 e. The summed E-state index contributed by atoms with van der Waals surface area (Å²) in [5.74, 6) is -2.00. The molecule has 0 unspecified atom stereocenters. The molecule has 8 heteroatoms. The van der Waals surface area contributed by atoms with Crippen molar-refractivity contribution in [1.82, 2.24) is 9.97 Å². The highest BCUT2D eigenvalue weighted by Crippen LogP contribution is 2.37. The fourth-order valence-electron chi connectivity index (χ4n) is 2.18. The lowest BCUT2D eigenvalue weighted by molar-refractivity contribution is -0.136. The minimum Gasteiger partial charge on any atom is -0.481 e. The molecule has 6 nitrogen and oxygen atoms in total.